The van der Waals surface area contributed by atoms with Gasteiger partial charge in [-0.1, -0.05) is 12.1 Å². The summed E-state index contributed by atoms with van der Waals surface area (Å²) in [5.74, 6) is -1.45. The summed E-state index contributed by atoms with van der Waals surface area (Å²) in [6, 6.07) is 12.2. The number of benzene rings is 2. The van der Waals surface area contributed by atoms with Crippen LogP contribution in [0.1, 0.15) is 47.8 Å². The number of carboxylic acids is 1. The highest BCUT2D eigenvalue weighted by Gasteiger charge is 2.32. The van der Waals surface area contributed by atoms with Crippen molar-refractivity contribution < 1.29 is 19.5 Å². The minimum atomic E-state index is -0.876. The molecule has 0 saturated heterocycles. The number of nitrogens with one attached hydrogen (secondary N) is 1. The van der Waals surface area contributed by atoms with Gasteiger partial charge in [-0.15, -0.1) is 0 Å². The van der Waals surface area contributed by atoms with Gasteiger partial charge in [0.1, 0.15) is 0 Å². The number of hydrogen-bond donors (Lipinski definition) is 3. The van der Waals surface area contributed by atoms with Crippen molar-refractivity contribution in [1.82, 2.24) is 0 Å². The second kappa shape index (κ2) is 7.72. The molecular weight excluding hydrogens is 358 g/mol. The molecule has 0 unspecified atom stereocenters. The Morgan fingerprint density at radius 1 is 1.18 bits per heavy atom. The highest BCUT2D eigenvalue weighted by molar-refractivity contribution is 5.97. The van der Waals surface area contributed by atoms with E-state index < -0.39 is 11.9 Å². The second-order valence-electron chi connectivity index (χ2n) is 7.08. The van der Waals surface area contributed by atoms with Crippen molar-refractivity contribution in [2.75, 3.05) is 10.2 Å². The van der Waals surface area contributed by atoms with Gasteiger partial charge in [-0.3, -0.25) is 14.4 Å². The number of carbonyl (C=O) groups is 3. The van der Waals surface area contributed by atoms with Crippen molar-refractivity contribution in [3.63, 3.8) is 0 Å². The molecule has 146 valence electrons. The Balaban J connectivity index is 1.94. The molecule has 2 amide bonds. The molecule has 2 aromatic rings. The van der Waals surface area contributed by atoms with Gasteiger partial charge in [0.25, 0.3) is 0 Å². The molecule has 3 rings (SSSR count). The lowest BCUT2D eigenvalue weighted by molar-refractivity contribution is -0.136. The van der Waals surface area contributed by atoms with E-state index in [9.17, 15) is 14.4 Å². The predicted molar refractivity (Wildman–Crippen MR) is 106 cm³/mol. The SMILES string of the molecule is CC(=O)N1c2ccc(C(N)=O)cc2[C@H](Nc2ccc(CC(=O)O)cc2)C[C@@H]1C. The molecule has 0 fully saturated rings. The average Bonchev–Trinajstić information content (AvgIpc) is 2.62. The summed E-state index contributed by atoms with van der Waals surface area (Å²) < 4.78 is 0. The van der Waals surface area contributed by atoms with E-state index in [-0.39, 0.29) is 24.4 Å². The summed E-state index contributed by atoms with van der Waals surface area (Å²) >= 11 is 0. The van der Waals surface area contributed by atoms with E-state index >= 15 is 0 Å². The number of nitrogens with two attached hydrogens (primary N) is 1. The van der Waals surface area contributed by atoms with Crippen LogP contribution < -0.4 is 16.0 Å². The zero-order valence-electron chi connectivity index (χ0n) is 15.8. The van der Waals surface area contributed by atoms with Gasteiger partial charge in [-0.25, -0.2) is 0 Å². The van der Waals surface area contributed by atoms with Gasteiger partial charge in [0.05, 0.1) is 12.5 Å². The Hall–Kier alpha value is -3.35. The van der Waals surface area contributed by atoms with Crippen LogP contribution in [0.25, 0.3) is 0 Å². The van der Waals surface area contributed by atoms with E-state index in [1.165, 1.54) is 6.92 Å². The first kappa shape index (κ1) is 19.4. The Morgan fingerprint density at radius 3 is 2.43 bits per heavy atom. The first-order valence-corrected chi connectivity index (χ1v) is 9.07. The van der Waals surface area contributed by atoms with Gasteiger partial charge in [0.2, 0.25) is 11.8 Å². The summed E-state index contributed by atoms with van der Waals surface area (Å²) in [6.45, 7) is 3.51. The van der Waals surface area contributed by atoms with E-state index in [0.717, 1.165) is 16.9 Å². The minimum absolute atomic E-state index is 0.0202. The highest BCUT2D eigenvalue weighted by Crippen LogP contribution is 2.39. The third-order valence-electron chi connectivity index (χ3n) is 4.95. The zero-order chi connectivity index (χ0) is 20.4. The molecule has 0 saturated carbocycles. The van der Waals surface area contributed by atoms with Crippen LogP contribution in [0.5, 0.6) is 0 Å². The smallest absolute Gasteiger partial charge is 0.307 e. The van der Waals surface area contributed by atoms with Crippen LogP contribution in [0.15, 0.2) is 42.5 Å². The number of hydrogen-bond acceptors (Lipinski definition) is 4. The van der Waals surface area contributed by atoms with E-state index in [4.69, 9.17) is 10.8 Å². The van der Waals surface area contributed by atoms with Gasteiger partial charge >= 0.3 is 5.97 Å². The molecule has 0 spiro atoms. The molecular formula is C21H23N3O4. The maximum absolute atomic E-state index is 12.1. The normalized spacial score (nSPS) is 18.3. The third kappa shape index (κ3) is 3.98. The van der Waals surface area contributed by atoms with Crippen molar-refractivity contribution in [2.24, 2.45) is 5.73 Å². The molecule has 2 aromatic carbocycles. The lowest BCUT2D eigenvalue weighted by atomic mass is 9.90. The third-order valence-corrected chi connectivity index (χ3v) is 4.95. The average molecular weight is 381 g/mol. The lowest BCUT2D eigenvalue weighted by Gasteiger charge is -2.39. The fraction of sp³-hybridized carbons (Fsp3) is 0.286. The number of carbonyl (C=O) groups excluding carboxylic acids is 2. The number of amides is 2. The molecule has 7 heteroatoms. The van der Waals surface area contributed by atoms with Crippen molar-refractivity contribution in [3.05, 3.63) is 59.2 Å². The Morgan fingerprint density at radius 2 is 1.86 bits per heavy atom. The molecule has 28 heavy (non-hydrogen) atoms. The molecule has 1 heterocycles. The summed E-state index contributed by atoms with van der Waals surface area (Å²) in [7, 11) is 0. The Labute approximate surface area is 163 Å². The number of nitrogens with zero attached hydrogens (tertiary/aromatic N) is 1. The molecule has 0 radical (unpaired) electrons. The van der Waals surface area contributed by atoms with Crippen LogP contribution in [0, 0.1) is 0 Å². The van der Waals surface area contributed by atoms with Crippen molar-refractivity contribution in [1.29, 1.82) is 0 Å². The number of aliphatic carboxylic acids is 1. The Bertz CT molecular complexity index is 924. The van der Waals surface area contributed by atoms with E-state index in [0.29, 0.717) is 17.5 Å². The number of primary amides is 1. The van der Waals surface area contributed by atoms with Crippen LogP contribution in [0.3, 0.4) is 0 Å². The van der Waals surface area contributed by atoms with Crippen LogP contribution in [-0.2, 0) is 16.0 Å². The first-order chi connectivity index (χ1) is 13.3. The molecule has 0 aromatic heterocycles. The summed E-state index contributed by atoms with van der Waals surface area (Å²) in [5, 5.41) is 12.3. The van der Waals surface area contributed by atoms with Crippen LogP contribution in [0.2, 0.25) is 0 Å². The van der Waals surface area contributed by atoms with Crippen molar-refractivity contribution in [3.8, 4) is 0 Å². The second-order valence-corrected chi connectivity index (χ2v) is 7.08. The maximum atomic E-state index is 12.1. The zero-order valence-corrected chi connectivity index (χ0v) is 15.8. The maximum Gasteiger partial charge on any atom is 0.307 e. The van der Waals surface area contributed by atoms with Gasteiger partial charge in [0.15, 0.2) is 0 Å². The number of rotatable bonds is 5. The minimum Gasteiger partial charge on any atom is -0.481 e. The van der Waals surface area contributed by atoms with Gasteiger partial charge in [-0.2, -0.15) is 0 Å². The van der Waals surface area contributed by atoms with Crippen LogP contribution in [-0.4, -0.2) is 28.9 Å². The lowest BCUT2D eigenvalue weighted by Crippen LogP contribution is -2.43. The summed E-state index contributed by atoms with van der Waals surface area (Å²) in [5.41, 5.74) is 8.97. The molecule has 4 N–H and O–H groups in total. The van der Waals surface area contributed by atoms with Gasteiger partial charge in [-0.05, 0) is 54.8 Å². The quantitative estimate of drug-likeness (QED) is 0.737. The van der Waals surface area contributed by atoms with Gasteiger partial charge in [0, 0.05) is 29.9 Å². The fourth-order valence-corrected chi connectivity index (χ4v) is 3.73. The van der Waals surface area contributed by atoms with Gasteiger partial charge < -0.3 is 21.1 Å². The highest BCUT2D eigenvalue weighted by atomic mass is 16.4. The standard InChI is InChI=1S/C21H23N3O4/c1-12-9-18(23-16-6-3-14(4-7-16)10-20(26)27)17-11-15(21(22)28)5-8-19(17)24(12)13(2)25/h3-8,11-12,18,23H,9-10H2,1-2H3,(H2,22,28)(H,26,27)/t12-,18+/m0/s1. The Kier molecular flexibility index (Phi) is 5.35. The number of fused-ring (bicyclic) bond motifs is 1. The molecule has 0 bridgehead atoms. The van der Waals surface area contributed by atoms with E-state index in [1.54, 1.807) is 35.2 Å². The topological polar surface area (TPSA) is 113 Å². The monoisotopic (exact) mass is 381 g/mol. The summed E-state index contributed by atoms with van der Waals surface area (Å²) in [4.78, 5) is 36.3. The molecule has 1 aliphatic rings. The largest absolute Gasteiger partial charge is 0.481 e. The van der Waals surface area contributed by atoms with Crippen LogP contribution in [0.4, 0.5) is 11.4 Å². The van der Waals surface area contributed by atoms with E-state index in [1.807, 2.05) is 19.1 Å². The number of anilines is 2. The molecule has 7 nitrogen and oxygen atoms in total. The molecule has 0 aliphatic carbocycles. The predicted octanol–water partition coefficient (Wildman–Crippen LogP) is 2.71. The fourth-order valence-electron chi connectivity index (χ4n) is 3.73. The van der Waals surface area contributed by atoms with Crippen LogP contribution >= 0.6 is 0 Å². The first-order valence-electron chi connectivity index (χ1n) is 9.07. The van der Waals surface area contributed by atoms with Crippen molar-refractivity contribution >= 4 is 29.2 Å². The number of carboxylic acid groups (broad SMARTS) is 1. The van der Waals surface area contributed by atoms with Crippen molar-refractivity contribution in [2.45, 2.75) is 38.8 Å². The molecule has 1 aliphatic heterocycles. The molecule has 2 atom stereocenters. The van der Waals surface area contributed by atoms with E-state index in [2.05, 4.69) is 5.32 Å². The summed E-state index contributed by atoms with van der Waals surface area (Å²) in [6.07, 6.45) is 0.630.